The molecule has 0 heterocycles. The van der Waals surface area contributed by atoms with Crippen LogP contribution >= 0.6 is 0 Å². The highest BCUT2D eigenvalue weighted by Gasteiger charge is 2.22. The first-order valence-corrected chi connectivity index (χ1v) is 11.6. The Morgan fingerprint density at radius 1 is 0.839 bits per heavy atom. The third-order valence-electron chi connectivity index (χ3n) is 5.56. The molecular weight excluding hydrogens is 404 g/mol. The molecule has 2 atom stereocenters. The normalized spacial score (nSPS) is 13.1. The monoisotopic (exact) mass is 430 g/mol. The van der Waals surface area contributed by atoms with E-state index < -0.39 is 10.8 Å². The molecule has 0 aliphatic heterocycles. The summed E-state index contributed by atoms with van der Waals surface area (Å²) < 4.78 is 24.7. The molecule has 0 aromatic heterocycles. The third kappa shape index (κ3) is 4.41. The van der Waals surface area contributed by atoms with Crippen molar-refractivity contribution in [2.45, 2.75) is 17.9 Å². The van der Waals surface area contributed by atoms with Gasteiger partial charge in [0.2, 0.25) is 0 Å². The number of benzene rings is 4. The van der Waals surface area contributed by atoms with Crippen LogP contribution in [0.2, 0.25) is 0 Å². The first-order chi connectivity index (χ1) is 15.1. The van der Waals surface area contributed by atoms with Crippen molar-refractivity contribution in [1.82, 2.24) is 0 Å². The molecule has 4 heteroatoms. The van der Waals surface area contributed by atoms with Gasteiger partial charge in [-0.1, -0.05) is 72.3 Å². The van der Waals surface area contributed by atoms with Crippen LogP contribution in [0.4, 0.5) is 0 Å². The van der Waals surface area contributed by atoms with E-state index in [4.69, 9.17) is 9.47 Å². The summed E-state index contributed by atoms with van der Waals surface area (Å²) >= 11 is 0. The minimum Gasteiger partial charge on any atom is -0.496 e. The van der Waals surface area contributed by atoms with Crippen LogP contribution in [0.25, 0.3) is 21.9 Å². The second-order valence-corrected chi connectivity index (χ2v) is 9.00. The Balaban J connectivity index is 1.79. The maximum absolute atomic E-state index is 13.1. The van der Waals surface area contributed by atoms with Gasteiger partial charge in [-0.25, -0.2) is 0 Å². The van der Waals surface area contributed by atoms with E-state index in [2.05, 4.69) is 30.3 Å². The van der Waals surface area contributed by atoms with Gasteiger partial charge < -0.3 is 9.47 Å². The highest BCUT2D eigenvalue weighted by Crippen LogP contribution is 2.41. The molecule has 31 heavy (non-hydrogen) atoms. The summed E-state index contributed by atoms with van der Waals surface area (Å²) in [5, 5.41) is 2.26. The van der Waals surface area contributed by atoms with Crippen molar-refractivity contribution in [3.8, 4) is 16.9 Å². The Bertz CT molecular complexity index is 1210. The Kier molecular flexibility index (Phi) is 6.50. The maximum atomic E-state index is 13.1. The number of methoxy groups -OCH3 is 2. The first kappa shape index (κ1) is 21.3. The number of hydrogen-bond acceptors (Lipinski definition) is 3. The summed E-state index contributed by atoms with van der Waals surface area (Å²) in [5.74, 6) is 1.18. The lowest BCUT2D eigenvalue weighted by Crippen LogP contribution is -2.13. The summed E-state index contributed by atoms with van der Waals surface area (Å²) in [7, 11) is 2.19. The van der Waals surface area contributed by atoms with Gasteiger partial charge in [0, 0.05) is 17.6 Å². The van der Waals surface area contributed by atoms with Crippen molar-refractivity contribution in [2.24, 2.45) is 0 Å². The van der Waals surface area contributed by atoms with Crippen LogP contribution in [0.15, 0.2) is 89.8 Å². The molecule has 0 bridgehead atoms. The smallest absolute Gasteiger partial charge is 0.127 e. The van der Waals surface area contributed by atoms with Crippen molar-refractivity contribution >= 4 is 21.6 Å². The van der Waals surface area contributed by atoms with Gasteiger partial charge in [0.05, 0.1) is 29.8 Å². The molecule has 0 saturated carbocycles. The molecule has 0 saturated heterocycles. The fourth-order valence-electron chi connectivity index (χ4n) is 3.91. The predicted molar refractivity (Wildman–Crippen MR) is 128 cm³/mol. The van der Waals surface area contributed by atoms with Gasteiger partial charge in [0.15, 0.2) is 0 Å². The molecule has 0 aliphatic carbocycles. The molecule has 1 unspecified atom stereocenters. The van der Waals surface area contributed by atoms with Gasteiger partial charge in [-0.3, -0.25) is 4.21 Å². The van der Waals surface area contributed by atoms with Crippen molar-refractivity contribution in [2.75, 3.05) is 20.0 Å². The number of rotatable bonds is 7. The van der Waals surface area contributed by atoms with E-state index in [9.17, 15) is 4.21 Å². The van der Waals surface area contributed by atoms with Crippen molar-refractivity contribution in [3.05, 3.63) is 96.1 Å². The van der Waals surface area contributed by atoms with Crippen molar-refractivity contribution in [1.29, 1.82) is 0 Å². The number of hydrogen-bond donors (Lipinski definition) is 0. The lowest BCUT2D eigenvalue weighted by molar-refractivity contribution is 0.123. The van der Waals surface area contributed by atoms with Gasteiger partial charge in [0.1, 0.15) is 5.75 Å². The molecule has 4 aromatic carbocycles. The molecule has 4 rings (SSSR count). The van der Waals surface area contributed by atoms with Crippen molar-refractivity contribution < 1.29 is 13.7 Å². The molecule has 0 N–H and O–H groups in total. The van der Waals surface area contributed by atoms with Gasteiger partial charge in [-0.15, -0.1) is 0 Å². The van der Waals surface area contributed by atoms with Crippen LogP contribution < -0.4 is 4.74 Å². The van der Waals surface area contributed by atoms with Crippen LogP contribution in [-0.4, -0.2) is 24.2 Å². The number of ether oxygens (including phenoxy) is 2. The topological polar surface area (TPSA) is 35.5 Å². The third-order valence-corrected chi connectivity index (χ3v) is 6.96. The fourth-order valence-corrected chi connectivity index (χ4v) is 5.14. The Hall–Kier alpha value is -2.95. The van der Waals surface area contributed by atoms with E-state index >= 15 is 0 Å². The SMILES string of the molecule is COc1ccc2ccccc2c1-c1ccccc1[C@H](CS(=O)c1ccc(C)cc1)OC. The lowest BCUT2D eigenvalue weighted by Gasteiger charge is -2.21. The molecule has 0 aliphatic rings. The molecule has 3 nitrogen and oxygen atoms in total. The van der Waals surface area contributed by atoms with Gasteiger partial charge in [-0.2, -0.15) is 0 Å². The van der Waals surface area contributed by atoms with Crippen LogP contribution in [0, 0.1) is 6.92 Å². The largest absolute Gasteiger partial charge is 0.496 e. The lowest BCUT2D eigenvalue weighted by atomic mass is 9.92. The summed E-state index contributed by atoms with van der Waals surface area (Å²) in [6.07, 6.45) is -0.318. The average molecular weight is 431 g/mol. The number of aryl methyl sites for hydroxylation is 1. The second kappa shape index (κ2) is 9.46. The fraction of sp³-hybridized carbons (Fsp3) is 0.185. The van der Waals surface area contributed by atoms with Crippen LogP contribution in [0.1, 0.15) is 17.2 Å². The van der Waals surface area contributed by atoms with E-state index in [1.54, 1.807) is 14.2 Å². The van der Waals surface area contributed by atoms with Gasteiger partial charge in [0.25, 0.3) is 0 Å². The molecule has 0 amide bonds. The predicted octanol–water partition coefficient (Wildman–Crippen LogP) is 6.32. The molecule has 0 spiro atoms. The zero-order chi connectivity index (χ0) is 21.8. The Morgan fingerprint density at radius 3 is 2.29 bits per heavy atom. The standard InChI is InChI=1S/C27H26O3S/c1-19-12-15-21(16-13-19)31(28)18-26(30-3)23-10-6-7-11-24(23)27-22-9-5-4-8-20(22)14-17-25(27)29-2/h4-17,26H,18H2,1-3H3/t26-,31?/m0/s1. The molecule has 158 valence electrons. The van der Waals surface area contributed by atoms with Crippen LogP contribution in [0.5, 0.6) is 5.75 Å². The van der Waals surface area contributed by atoms with E-state index in [0.717, 1.165) is 43.7 Å². The first-order valence-electron chi connectivity index (χ1n) is 10.2. The maximum Gasteiger partial charge on any atom is 0.127 e. The minimum absolute atomic E-state index is 0.318. The van der Waals surface area contributed by atoms with Crippen LogP contribution in [0.3, 0.4) is 0 Å². The van der Waals surface area contributed by atoms with E-state index in [0.29, 0.717) is 5.75 Å². The highest BCUT2D eigenvalue weighted by atomic mass is 32.2. The van der Waals surface area contributed by atoms with Gasteiger partial charge in [-0.05, 0) is 47.0 Å². The average Bonchev–Trinajstić information content (AvgIpc) is 2.82. The highest BCUT2D eigenvalue weighted by molar-refractivity contribution is 7.85. The van der Waals surface area contributed by atoms with E-state index in [1.807, 2.05) is 61.5 Å². The summed E-state index contributed by atoms with van der Waals surface area (Å²) in [4.78, 5) is 0.813. The zero-order valence-electron chi connectivity index (χ0n) is 18.0. The van der Waals surface area contributed by atoms with Crippen LogP contribution in [-0.2, 0) is 15.5 Å². The van der Waals surface area contributed by atoms with E-state index in [1.165, 1.54) is 0 Å². The van der Waals surface area contributed by atoms with Gasteiger partial charge >= 0.3 is 0 Å². The summed E-state index contributed by atoms with van der Waals surface area (Å²) in [5.41, 5.74) is 4.21. The summed E-state index contributed by atoms with van der Waals surface area (Å²) in [6, 6.07) is 28.3. The second-order valence-electron chi connectivity index (χ2n) is 7.50. The molecule has 4 aromatic rings. The Labute approximate surface area is 186 Å². The summed E-state index contributed by atoms with van der Waals surface area (Å²) in [6.45, 7) is 2.03. The quantitative estimate of drug-likeness (QED) is 0.344. The van der Waals surface area contributed by atoms with Crippen molar-refractivity contribution in [3.63, 3.8) is 0 Å². The minimum atomic E-state index is -1.18. The zero-order valence-corrected chi connectivity index (χ0v) is 18.8. The number of fused-ring (bicyclic) bond motifs is 1. The van der Waals surface area contributed by atoms with E-state index in [-0.39, 0.29) is 6.10 Å². The molecule has 0 fully saturated rings. The molecular formula is C27H26O3S. The Morgan fingerprint density at radius 2 is 1.55 bits per heavy atom. The molecule has 0 radical (unpaired) electrons.